The Morgan fingerprint density at radius 3 is 2.43 bits per heavy atom. The normalized spacial score (nSPS) is 11.4. The van der Waals surface area contributed by atoms with Crippen LogP contribution in [0.25, 0.3) is 0 Å². The first-order valence-electron chi connectivity index (χ1n) is 5.20. The zero-order valence-electron chi connectivity index (χ0n) is 9.93. The minimum absolute atomic E-state index is 0.265. The summed E-state index contributed by atoms with van der Waals surface area (Å²) in [6, 6.07) is 1.59. The summed E-state index contributed by atoms with van der Waals surface area (Å²) in [4.78, 5) is 10.7. The maximum Gasteiger partial charge on any atom is 0.336 e. The molecule has 0 bridgehead atoms. The van der Waals surface area contributed by atoms with Crippen molar-refractivity contribution < 1.29 is 31.5 Å². The number of hydrogen-bond acceptors (Lipinski definition) is 4. The van der Waals surface area contributed by atoms with Gasteiger partial charge in [-0.15, -0.1) is 11.3 Å². The van der Waals surface area contributed by atoms with Crippen molar-refractivity contribution in [3.63, 3.8) is 0 Å². The van der Waals surface area contributed by atoms with Crippen LogP contribution in [0.4, 0.5) is 18.9 Å². The average molecular weight is 337 g/mol. The SMILES string of the molecule is O=C(O)c1csc(S(=O)(=O)Nc2cc(F)cc(F)c2F)c1. The van der Waals surface area contributed by atoms with Gasteiger partial charge in [0.1, 0.15) is 10.0 Å². The molecule has 0 aliphatic rings. The molecule has 0 aliphatic heterocycles. The van der Waals surface area contributed by atoms with E-state index < -0.39 is 43.3 Å². The van der Waals surface area contributed by atoms with Crippen LogP contribution in [-0.2, 0) is 10.0 Å². The maximum absolute atomic E-state index is 13.4. The van der Waals surface area contributed by atoms with Crippen molar-refractivity contribution >= 4 is 33.0 Å². The minimum Gasteiger partial charge on any atom is -0.478 e. The number of halogens is 3. The van der Waals surface area contributed by atoms with Gasteiger partial charge in [0.15, 0.2) is 11.6 Å². The molecule has 0 fully saturated rings. The van der Waals surface area contributed by atoms with Gasteiger partial charge in [0.25, 0.3) is 10.0 Å². The molecule has 0 aliphatic carbocycles. The summed E-state index contributed by atoms with van der Waals surface area (Å²) >= 11 is 0.577. The highest BCUT2D eigenvalue weighted by Gasteiger charge is 2.22. The van der Waals surface area contributed by atoms with E-state index in [-0.39, 0.29) is 11.6 Å². The molecule has 21 heavy (non-hydrogen) atoms. The standard InChI is InChI=1S/C11H6F3NO4S2/c12-6-2-7(13)10(14)8(3-6)15-21(18,19)9-1-5(4-20-9)11(16)17/h1-4,15H,(H,16,17). The Morgan fingerprint density at radius 1 is 1.19 bits per heavy atom. The minimum atomic E-state index is -4.35. The molecule has 1 aromatic heterocycles. The Hall–Kier alpha value is -2.07. The van der Waals surface area contributed by atoms with Crippen molar-refractivity contribution in [2.24, 2.45) is 0 Å². The van der Waals surface area contributed by atoms with Gasteiger partial charge in [-0.3, -0.25) is 4.72 Å². The van der Waals surface area contributed by atoms with Crippen LogP contribution < -0.4 is 4.72 Å². The fourth-order valence-corrected chi connectivity index (χ4v) is 3.60. The monoisotopic (exact) mass is 337 g/mol. The number of aromatic carboxylic acids is 1. The smallest absolute Gasteiger partial charge is 0.336 e. The van der Waals surface area contributed by atoms with Crippen LogP contribution in [0.3, 0.4) is 0 Å². The van der Waals surface area contributed by atoms with E-state index in [9.17, 15) is 26.4 Å². The van der Waals surface area contributed by atoms with Gasteiger partial charge in [0, 0.05) is 17.5 Å². The van der Waals surface area contributed by atoms with Crippen LogP contribution in [-0.4, -0.2) is 19.5 Å². The molecule has 1 heterocycles. The lowest BCUT2D eigenvalue weighted by atomic mass is 10.3. The van der Waals surface area contributed by atoms with Crippen LogP contribution in [0.1, 0.15) is 10.4 Å². The summed E-state index contributed by atoms with van der Waals surface area (Å²) in [6.45, 7) is 0. The van der Waals surface area contributed by atoms with Crippen molar-refractivity contribution in [1.82, 2.24) is 0 Å². The van der Waals surface area contributed by atoms with Crippen molar-refractivity contribution in [3.8, 4) is 0 Å². The first-order valence-corrected chi connectivity index (χ1v) is 7.56. The lowest BCUT2D eigenvalue weighted by molar-refractivity contribution is 0.0697. The Labute approximate surface area is 120 Å². The molecule has 0 amide bonds. The quantitative estimate of drug-likeness (QED) is 0.840. The Kier molecular flexibility index (Phi) is 3.92. The first kappa shape index (κ1) is 15.3. The molecule has 5 nitrogen and oxygen atoms in total. The molecular weight excluding hydrogens is 331 g/mol. The number of sulfonamides is 1. The topological polar surface area (TPSA) is 83.5 Å². The number of carboxylic acid groups (broad SMARTS) is 1. The first-order chi connectivity index (χ1) is 9.70. The zero-order chi connectivity index (χ0) is 15.8. The van der Waals surface area contributed by atoms with E-state index in [1.165, 1.54) is 0 Å². The Balaban J connectivity index is 2.39. The molecule has 0 saturated carbocycles. The lowest BCUT2D eigenvalue weighted by Crippen LogP contribution is -2.13. The number of anilines is 1. The van der Waals surface area contributed by atoms with Crippen molar-refractivity contribution in [3.05, 3.63) is 46.6 Å². The molecule has 10 heteroatoms. The highest BCUT2D eigenvalue weighted by Crippen LogP contribution is 2.26. The summed E-state index contributed by atoms with van der Waals surface area (Å²) in [7, 11) is -4.35. The van der Waals surface area contributed by atoms with Gasteiger partial charge >= 0.3 is 5.97 Å². The molecule has 0 spiro atoms. The van der Waals surface area contributed by atoms with Gasteiger partial charge in [-0.2, -0.15) is 0 Å². The second kappa shape index (κ2) is 5.37. The van der Waals surface area contributed by atoms with E-state index >= 15 is 0 Å². The van der Waals surface area contributed by atoms with Gasteiger partial charge in [-0.1, -0.05) is 0 Å². The third kappa shape index (κ3) is 3.16. The maximum atomic E-state index is 13.4. The van der Waals surface area contributed by atoms with E-state index in [2.05, 4.69) is 0 Å². The Morgan fingerprint density at radius 2 is 1.86 bits per heavy atom. The Bertz CT molecular complexity index is 817. The predicted molar refractivity (Wildman–Crippen MR) is 68.4 cm³/mol. The molecule has 1 aromatic carbocycles. The van der Waals surface area contributed by atoms with Gasteiger partial charge in [0.05, 0.1) is 11.3 Å². The molecule has 0 radical (unpaired) electrons. The largest absolute Gasteiger partial charge is 0.478 e. The van der Waals surface area contributed by atoms with E-state index in [4.69, 9.17) is 5.11 Å². The molecule has 0 atom stereocenters. The van der Waals surface area contributed by atoms with Gasteiger partial charge in [-0.25, -0.2) is 26.4 Å². The van der Waals surface area contributed by atoms with Crippen molar-refractivity contribution in [1.29, 1.82) is 0 Å². The number of hydrogen-bond donors (Lipinski definition) is 2. The second-order valence-electron chi connectivity index (χ2n) is 3.81. The lowest BCUT2D eigenvalue weighted by Gasteiger charge is -2.07. The number of carboxylic acids is 1. The van der Waals surface area contributed by atoms with Gasteiger partial charge < -0.3 is 5.11 Å². The summed E-state index contributed by atoms with van der Waals surface area (Å²) in [5, 5.41) is 9.77. The second-order valence-corrected chi connectivity index (χ2v) is 6.63. The molecule has 2 rings (SSSR count). The van der Waals surface area contributed by atoms with Crippen molar-refractivity contribution in [2.45, 2.75) is 4.21 Å². The predicted octanol–water partition coefficient (Wildman–Crippen LogP) is 2.66. The third-order valence-electron chi connectivity index (χ3n) is 2.32. The number of benzene rings is 1. The molecule has 2 N–H and O–H groups in total. The van der Waals surface area contributed by atoms with E-state index in [0.717, 1.165) is 11.4 Å². The summed E-state index contributed by atoms with van der Waals surface area (Å²) in [6.07, 6.45) is 0. The molecule has 0 unspecified atom stereocenters. The van der Waals surface area contributed by atoms with Crippen LogP contribution in [0.2, 0.25) is 0 Å². The highest BCUT2D eigenvalue weighted by atomic mass is 32.2. The third-order valence-corrected chi connectivity index (χ3v) is 5.13. The van der Waals surface area contributed by atoms with Crippen LogP contribution in [0.5, 0.6) is 0 Å². The van der Waals surface area contributed by atoms with Crippen molar-refractivity contribution in [2.75, 3.05) is 4.72 Å². The van der Waals surface area contributed by atoms with Crippen LogP contribution in [0, 0.1) is 17.5 Å². The van der Waals surface area contributed by atoms with Crippen LogP contribution >= 0.6 is 11.3 Å². The number of rotatable bonds is 4. The fraction of sp³-hybridized carbons (Fsp3) is 0. The van der Waals surface area contributed by atoms with E-state index in [0.29, 0.717) is 17.4 Å². The van der Waals surface area contributed by atoms with Gasteiger partial charge in [0.2, 0.25) is 0 Å². The highest BCUT2D eigenvalue weighted by molar-refractivity contribution is 7.94. The average Bonchev–Trinajstić information content (AvgIpc) is 2.85. The van der Waals surface area contributed by atoms with Crippen LogP contribution in [0.15, 0.2) is 27.8 Å². The van der Waals surface area contributed by atoms with E-state index in [1.54, 1.807) is 4.72 Å². The fourth-order valence-electron chi connectivity index (χ4n) is 1.39. The molecule has 2 aromatic rings. The number of thiophene rings is 1. The number of carbonyl (C=O) groups is 1. The molecule has 0 saturated heterocycles. The zero-order valence-corrected chi connectivity index (χ0v) is 11.6. The molecular formula is C11H6F3NO4S2. The summed E-state index contributed by atoms with van der Waals surface area (Å²) < 4.78 is 64.4. The van der Waals surface area contributed by atoms with E-state index in [1.807, 2.05) is 0 Å². The summed E-state index contributed by atoms with van der Waals surface area (Å²) in [5.41, 5.74) is -1.18. The number of nitrogens with one attached hydrogen (secondary N) is 1. The van der Waals surface area contributed by atoms with Gasteiger partial charge in [-0.05, 0) is 6.07 Å². The summed E-state index contributed by atoms with van der Waals surface area (Å²) in [5.74, 6) is -5.61. The molecule has 112 valence electrons.